The summed E-state index contributed by atoms with van der Waals surface area (Å²) >= 11 is 0. The third-order valence-electron chi connectivity index (χ3n) is 14.8. The van der Waals surface area contributed by atoms with E-state index in [1.54, 1.807) is 0 Å². The SMILES string of the molecule is C=C(C)[C@@H]1CC[C@]2(C(=O)N[C@@H](CC(C)C)C(=O)OC)CC[C@@]3(C)[C@H](CC[C@@H]4[C@@]5(C)CCC(=O)C(C)(C)[C@@H]5CC[C@]43C)[C@@H]12. The number of ether oxygens (including phenoxy) is 1. The van der Waals surface area contributed by atoms with Crippen molar-refractivity contribution >= 4 is 17.7 Å². The molecule has 0 heterocycles. The van der Waals surface area contributed by atoms with Gasteiger partial charge in [-0.15, -0.1) is 0 Å². The van der Waals surface area contributed by atoms with Gasteiger partial charge in [-0.2, -0.15) is 0 Å². The number of allylic oxidation sites excluding steroid dienone is 1. The summed E-state index contributed by atoms with van der Waals surface area (Å²) in [7, 11) is 1.42. The standard InChI is InChI=1S/C37H59NO4/c1-22(2)21-26(31(40)42-10)38-32(41)37-18-13-24(23(3)4)30(37)25-11-12-28-34(7)16-15-29(39)33(5,6)27(34)14-17-36(28,9)35(25,8)19-20-37/h22,24-28,30H,3,11-21H2,1-2,4-10H3,(H,38,41)/t24-,25+,26-,27-,28+,30+,34-,35-,36+,37-/m0/s1. The molecule has 0 spiro atoms. The zero-order chi connectivity index (χ0) is 31.0. The Hall–Kier alpha value is -1.65. The van der Waals surface area contributed by atoms with Crippen molar-refractivity contribution in [1.29, 1.82) is 0 Å². The lowest BCUT2D eigenvalue weighted by molar-refractivity contribution is -0.233. The Morgan fingerprint density at radius 2 is 1.62 bits per heavy atom. The van der Waals surface area contributed by atoms with Gasteiger partial charge in [-0.3, -0.25) is 9.59 Å². The largest absolute Gasteiger partial charge is 0.467 e. The van der Waals surface area contributed by atoms with Gasteiger partial charge in [0.05, 0.1) is 12.5 Å². The Bertz CT molecular complexity index is 1140. The maximum Gasteiger partial charge on any atom is 0.328 e. The Morgan fingerprint density at radius 3 is 2.24 bits per heavy atom. The van der Waals surface area contributed by atoms with E-state index in [4.69, 9.17) is 4.74 Å². The summed E-state index contributed by atoms with van der Waals surface area (Å²) in [6.45, 7) is 23.0. The van der Waals surface area contributed by atoms with Crippen molar-refractivity contribution < 1.29 is 19.1 Å². The van der Waals surface area contributed by atoms with Gasteiger partial charge in [0.25, 0.3) is 0 Å². The van der Waals surface area contributed by atoms with Gasteiger partial charge in [0.1, 0.15) is 11.8 Å². The van der Waals surface area contributed by atoms with Gasteiger partial charge in [-0.05, 0) is 123 Å². The van der Waals surface area contributed by atoms with Crippen molar-refractivity contribution in [3.63, 3.8) is 0 Å². The number of Topliss-reactive ketones (excluding diaryl/α,β-unsaturated/α-hetero) is 1. The van der Waals surface area contributed by atoms with Crippen molar-refractivity contribution in [2.75, 3.05) is 7.11 Å². The first-order valence-electron chi connectivity index (χ1n) is 17.1. The lowest BCUT2D eigenvalue weighted by atomic mass is 9.32. The first kappa shape index (κ1) is 31.8. The molecule has 0 aromatic heterocycles. The van der Waals surface area contributed by atoms with Crippen LogP contribution in [-0.4, -0.2) is 30.8 Å². The second-order valence-corrected chi connectivity index (χ2v) is 17.2. The smallest absolute Gasteiger partial charge is 0.328 e. The van der Waals surface area contributed by atoms with Gasteiger partial charge in [0, 0.05) is 11.8 Å². The van der Waals surface area contributed by atoms with E-state index in [0.29, 0.717) is 42.3 Å². The highest BCUT2D eigenvalue weighted by Gasteiger charge is 2.72. The minimum Gasteiger partial charge on any atom is -0.467 e. The quantitative estimate of drug-likeness (QED) is 0.255. The van der Waals surface area contributed by atoms with E-state index in [2.05, 4.69) is 67.3 Å². The van der Waals surface area contributed by atoms with Crippen LogP contribution in [0.1, 0.15) is 126 Å². The van der Waals surface area contributed by atoms with Crippen LogP contribution in [0.15, 0.2) is 12.2 Å². The average Bonchev–Trinajstić information content (AvgIpc) is 3.32. The fourth-order valence-corrected chi connectivity index (χ4v) is 12.5. The molecule has 42 heavy (non-hydrogen) atoms. The molecule has 0 saturated heterocycles. The molecule has 5 nitrogen and oxygen atoms in total. The third kappa shape index (κ3) is 4.31. The van der Waals surface area contributed by atoms with Crippen LogP contribution in [0.25, 0.3) is 0 Å². The van der Waals surface area contributed by atoms with Crippen LogP contribution < -0.4 is 5.32 Å². The van der Waals surface area contributed by atoms with Crippen LogP contribution in [0.2, 0.25) is 0 Å². The van der Waals surface area contributed by atoms with Gasteiger partial charge >= 0.3 is 5.97 Å². The molecule has 5 heteroatoms. The average molecular weight is 582 g/mol. The molecule has 5 aliphatic carbocycles. The Labute approximate surface area is 255 Å². The number of esters is 1. The summed E-state index contributed by atoms with van der Waals surface area (Å²) in [4.78, 5) is 40.3. The summed E-state index contributed by atoms with van der Waals surface area (Å²) in [5.74, 6) is 2.54. The molecule has 10 atom stereocenters. The predicted octanol–water partition coefficient (Wildman–Crippen LogP) is 7.92. The van der Waals surface area contributed by atoms with Crippen LogP contribution in [0.3, 0.4) is 0 Å². The number of carbonyl (C=O) groups excluding carboxylic acids is 3. The normalized spacial score (nSPS) is 44.7. The van der Waals surface area contributed by atoms with E-state index < -0.39 is 11.5 Å². The number of fused-ring (bicyclic) bond motifs is 7. The zero-order valence-corrected chi connectivity index (χ0v) is 28.2. The number of ketones is 1. The van der Waals surface area contributed by atoms with E-state index in [1.807, 2.05) is 0 Å². The molecular formula is C37H59NO4. The monoisotopic (exact) mass is 581 g/mol. The van der Waals surface area contributed by atoms with Crippen LogP contribution in [0.4, 0.5) is 0 Å². The molecule has 5 aliphatic rings. The first-order valence-corrected chi connectivity index (χ1v) is 17.1. The molecule has 1 amide bonds. The third-order valence-corrected chi connectivity index (χ3v) is 14.8. The second-order valence-electron chi connectivity index (χ2n) is 17.2. The maximum absolute atomic E-state index is 14.5. The van der Waals surface area contributed by atoms with Crippen molar-refractivity contribution in [3.05, 3.63) is 12.2 Å². The Balaban J connectivity index is 1.51. The molecule has 5 rings (SSSR count). The Kier molecular flexibility index (Phi) is 7.92. The molecule has 0 aliphatic heterocycles. The zero-order valence-electron chi connectivity index (χ0n) is 28.2. The number of nitrogens with one attached hydrogen (secondary N) is 1. The highest BCUT2D eigenvalue weighted by molar-refractivity contribution is 5.89. The van der Waals surface area contributed by atoms with Crippen molar-refractivity contribution in [2.24, 2.45) is 62.6 Å². The van der Waals surface area contributed by atoms with Crippen molar-refractivity contribution in [3.8, 4) is 0 Å². The Morgan fingerprint density at radius 1 is 0.929 bits per heavy atom. The molecule has 0 aromatic rings. The molecule has 0 radical (unpaired) electrons. The van der Waals surface area contributed by atoms with Crippen LogP contribution in [0, 0.1) is 62.6 Å². The minimum atomic E-state index is -0.601. The van der Waals surface area contributed by atoms with Gasteiger partial charge in [-0.25, -0.2) is 4.79 Å². The predicted molar refractivity (Wildman–Crippen MR) is 167 cm³/mol. The van der Waals surface area contributed by atoms with E-state index in [-0.39, 0.29) is 45.4 Å². The highest BCUT2D eigenvalue weighted by Crippen LogP contribution is 2.77. The van der Waals surface area contributed by atoms with E-state index in [1.165, 1.54) is 25.5 Å². The van der Waals surface area contributed by atoms with Crippen molar-refractivity contribution in [1.82, 2.24) is 5.32 Å². The molecule has 5 fully saturated rings. The van der Waals surface area contributed by atoms with E-state index in [0.717, 1.165) is 44.9 Å². The molecule has 236 valence electrons. The maximum atomic E-state index is 14.5. The molecule has 0 unspecified atom stereocenters. The van der Waals surface area contributed by atoms with Gasteiger partial charge < -0.3 is 10.1 Å². The molecule has 0 aromatic carbocycles. The lowest BCUT2D eigenvalue weighted by Gasteiger charge is -2.72. The summed E-state index contributed by atoms with van der Waals surface area (Å²) in [6, 6.07) is -0.601. The van der Waals surface area contributed by atoms with Gasteiger partial charge in [0.15, 0.2) is 0 Å². The first-order chi connectivity index (χ1) is 19.5. The van der Waals surface area contributed by atoms with Gasteiger partial charge in [-0.1, -0.05) is 60.6 Å². The fourth-order valence-electron chi connectivity index (χ4n) is 12.5. The highest BCUT2D eigenvalue weighted by atomic mass is 16.5. The number of rotatable bonds is 6. The van der Waals surface area contributed by atoms with E-state index in [9.17, 15) is 14.4 Å². The number of hydrogen-bond donors (Lipinski definition) is 1. The fraction of sp³-hybridized carbons (Fsp3) is 0.865. The van der Waals surface area contributed by atoms with Crippen LogP contribution in [-0.2, 0) is 19.1 Å². The topological polar surface area (TPSA) is 72.5 Å². The lowest BCUT2D eigenvalue weighted by Crippen LogP contribution is -2.67. The number of hydrogen-bond acceptors (Lipinski definition) is 4. The molecule has 0 bridgehead atoms. The number of amides is 1. The van der Waals surface area contributed by atoms with Crippen LogP contribution in [0.5, 0.6) is 0 Å². The summed E-state index contributed by atoms with van der Waals surface area (Å²) < 4.78 is 5.13. The minimum absolute atomic E-state index is 0.0739. The second kappa shape index (κ2) is 10.5. The number of carbonyl (C=O) groups is 3. The van der Waals surface area contributed by atoms with Gasteiger partial charge in [0.2, 0.25) is 5.91 Å². The molecular weight excluding hydrogens is 522 g/mol. The van der Waals surface area contributed by atoms with E-state index >= 15 is 0 Å². The molecule has 1 N–H and O–H groups in total. The summed E-state index contributed by atoms with van der Waals surface area (Å²) in [6.07, 6.45) is 10.8. The molecule has 5 saturated carbocycles. The van der Waals surface area contributed by atoms with Crippen LogP contribution >= 0.6 is 0 Å². The summed E-state index contributed by atoms with van der Waals surface area (Å²) in [5, 5.41) is 3.25. The summed E-state index contributed by atoms with van der Waals surface area (Å²) in [5.41, 5.74) is 0.991. The van der Waals surface area contributed by atoms with Crippen molar-refractivity contribution in [2.45, 2.75) is 132 Å². The number of methoxy groups -OCH3 is 1.